The van der Waals surface area contributed by atoms with E-state index in [0.717, 1.165) is 31.2 Å². The van der Waals surface area contributed by atoms with Crippen LogP contribution in [0, 0.1) is 5.92 Å². The second kappa shape index (κ2) is 11.8. The second-order valence-corrected chi connectivity index (χ2v) is 6.71. The standard InChI is InChI=1S/C20H26O6.Na.H/c21-19(25-17-10-4-6-12-23-17)16(14-15-8-2-1-3-9-15)20(22)26-18-11-5-7-13-24-18;;/h1-3,8-9,16-18H,4-7,10-14H2;;/q;+1;-1. The number of carbonyl (C=O) groups is 2. The van der Waals surface area contributed by atoms with E-state index >= 15 is 0 Å². The van der Waals surface area contributed by atoms with Gasteiger partial charge in [-0.1, -0.05) is 30.3 Å². The SMILES string of the molecule is O=C(OC1CCCCO1)C(Cc1ccccc1)C(=O)OC1CCCCO1.[H-].[Na+]. The number of hydrogen-bond donors (Lipinski definition) is 0. The van der Waals surface area contributed by atoms with Crippen molar-refractivity contribution in [1.29, 1.82) is 0 Å². The summed E-state index contributed by atoms with van der Waals surface area (Å²) in [4.78, 5) is 25.3. The van der Waals surface area contributed by atoms with Crippen molar-refractivity contribution in [3.05, 3.63) is 35.9 Å². The summed E-state index contributed by atoms with van der Waals surface area (Å²) >= 11 is 0. The fourth-order valence-corrected chi connectivity index (χ4v) is 3.14. The zero-order chi connectivity index (χ0) is 18.2. The molecule has 2 aliphatic heterocycles. The summed E-state index contributed by atoms with van der Waals surface area (Å²) < 4.78 is 21.8. The molecule has 0 radical (unpaired) electrons. The van der Waals surface area contributed by atoms with Crippen LogP contribution in [-0.4, -0.2) is 37.7 Å². The van der Waals surface area contributed by atoms with Gasteiger partial charge in [0.25, 0.3) is 0 Å². The second-order valence-electron chi connectivity index (χ2n) is 6.71. The Labute approximate surface area is 183 Å². The van der Waals surface area contributed by atoms with Gasteiger partial charge in [-0.25, -0.2) is 0 Å². The third kappa shape index (κ3) is 7.20. The van der Waals surface area contributed by atoms with Gasteiger partial charge in [-0.15, -0.1) is 0 Å². The van der Waals surface area contributed by atoms with Crippen LogP contribution in [-0.2, 0) is 35.0 Å². The van der Waals surface area contributed by atoms with Gasteiger partial charge in [-0.3, -0.25) is 9.59 Å². The Hall–Kier alpha value is -0.920. The molecule has 2 saturated heterocycles. The first-order valence-electron chi connectivity index (χ1n) is 9.40. The fraction of sp³-hybridized carbons (Fsp3) is 0.600. The molecule has 0 saturated carbocycles. The zero-order valence-corrected chi connectivity index (χ0v) is 17.9. The summed E-state index contributed by atoms with van der Waals surface area (Å²) in [5.74, 6) is -2.21. The number of esters is 2. The third-order valence-corrected chi connectivity index (χ3v) is 4.62. The molecule has 2 atom stereocenters. The maximum Gasteiger partial charge on any atom is 1.00 e. The van der Waals surface area contributed by atoms with E-state index in [0.29, 0.717) is 26.1 Å². The van der Waals surface area contributed by atoms with E-state index in [9.17, 15) is 9.59 Å². The molecule has 0 amide bonds. The molecule has 27 heavy (non-hydrogen) atoms. The molecule has 0 N–H and O–H groups in total. The molecule has 0 aliphatic carbocycles. The van der Waals surface area contributed by atoms with Crippen LogP contribution in [0.2, 0.25) is 0 Å². The topological polar surface area (TPSA) is 71.1 Å². The maximum atomic E-state index is 12.7. The molecule has 7 heteroatoms. The molecule has 2 fully saturated rings. The van der Waals surface area contributed by atoms with Crippen LogP contribution >= 0.6 is 0 Å². The summed E-state index contributed by atoms with van der Waals surface area (Å²) in [6.07, 6.45) is 4.21. The van der Waals surface area contributed by atoms with E-state index in [1.165, 1.54) is 0 Å². The van der Waals surface area contributed by atoms with Crippen molar-refractivity contribution in [1.82, 2.24) is 0 Å². The first-order valence-corrected chi connectivity index (χ1v) is 9.40. The van der Waals surface area contributed by atoms with Crippen LogP contribution in [0.5, 0.6) is 0 Å². The first kappa shape index (κ1) is 22.4. The van der Waals surface area contributed by atoms with Gasteiger partial charge in [-0.05, 0) is 37.7 Å². The van der Waals surface area contributed by atoms with Gasteiger partial charge in [0.2, 0.25) is 12.6 Å². The quantitative estimate of drug-likeness (QED) is 0.392. The van der Waals surface area contributed by atoms with Crippen LogP contribution in [0.1, 0.15) is 45.5 Å². The Bertz CT molecular complexity index is 556. The van der Waals surface area contributed by atoms with Gasteiger partial charge in [0.15, 0.2) is 5.92 Å². The van der Waals surface area contributed by atoms with Crippen molar-refractivity contribution in [3.8, 4) is 0 Å². The van der Waals surface area contributed by atoms with Crippen molar-refractivity contribution in [3.63, 3.8) is 0 Å². The van der Waals surface area contributed by atoms with E-state index in [1.807, 2.05) is 30.3 Å². The molecule has 144 valence electrons. The van der Waals surface area contributed by atoms with Crippen LogP contribution in [0.4, 0.5) is 0 Å². The van der Waals surface area contributed by atoms with E-state index in [-0.39, 0.29) is 37.4 Å². The molecule has 0 aromatic heterocycles. The van der Waals surface area contributed by atoms with Crippen molar-refractivity contribution in [2.45, 2.75) is 57.5 Å². The minimum Gasteiger partial charge on any atom is -1.00 e. The first-order chi connectivity index (χ1) is 12.7. The third-order valence-electron chi connectivity index (χ3n) is 4.62. The van der Waals surface area contributed by atoms with Crippen molar-refractivity contribution in [2.75, 3.05) is 13.2 Å². The van der Waals surface area contributed by atoms with Crippen LogP contribution in [0.3, 0.4) is 0 Å². The smallest absolute Gasteiger partial charge is 1.00 e. The van der Waals surface area contributed by atoms with Crippen molar-refractivity contribution in [2.24, 2.45) is 5.92 Å². The van der Waals surface area contributed by atoms with Gasteiger partial charge < -0.3 is 20.4 Å². The maximum absolute atomic E-state index is 12.7. The molecule has 2 heterocycles. The monoisotopic (exact) mass is 386 g/mol. The van der Waals surface area contributed by atoms with E-state index < -0.39 is 30.4 Å². The Morgan fingerprint density at radius 3 is 1.89 bits per heavy atom. The van der Waals surface area contributed by atoms with E-state index in [2.05, 4.69) is 0 Å². The predicted molar refractivity (Wildman–Crippen MR) is 94.1 cm³/mol. The van der Waals surface area contributed by atoms with Gasteiger partial charge in [0, 0.05) is 12.8 Å². The molecule has 1 aromatic carbocycles. The molecule has 0 spiro atoms. The average molecular weight is 386 g/mol. The minimum absolute atomic E-state index is 0. The molecule has 2 unspecified atom stereocenters. The van der Waals surface area contributed by atoms with E-state index in [1.54, 1.807) is 0 Å². The molecular formula is C20H27NaO6. The number of rotatable bonds is 6. The normalized spacial score (nSPS) is 23.6. The molecule has 0 bridgehead atoms. The van der Waals surface area contributed by atoms with Crippen LogP contribution in [0.25, 0.3) is 0 Å². The summed E-state index contributed by atoms with van der Waals surface area (Å²) in [7, 11) is 0. The van der Waals surface area contributed by atoms with Crippen molar-refractivity contribution < 1.29 is 59.5 Å². The molecule has 3 rings (SSSR count). The summed E-state index contributed by atoms with van der Waals surface area (Å²) in [5.41, 5.74) is 0.875. The summed E-state index contributed by atoms with van der Waals surface area (Å²) in [6, 6.07) is 9.39. The Morgan fingerprint density at radius 2 is 1.44 bits per heavy atom. The van der Waals surface area contributed by atoms with Gasteiger partial charge in [-0.2, -0.15) is 0 Å². The Morgan fingerprint density at radius 1 is 0.926 bits per heavy atom. The van der Waals surface area contributed by atoms with Gasteiger partial charge in [0.1, 0.15) is 0 Å². The van der Waals surface area contributed by atoms with Crippen LogP contribution < -0.4 is 29.6 Å². The largest absolute Gasteiger partial charge is 1.00 e. The molecule has 2 aliphatic rings. The zero-order valence-electron chi connectivity index (χ0n) is 16.9. The van der Waals surface area contributed by atoms with E-state index in [4.69, 9.17) is 18.9 Å². The molecular weight excluding hydrogens is 359 g/mol. The molecule has 6 nitrogen and oxygen atoms in total. The Kier molecular flexibility index (Phi) is 9.79. The Balaban J connectivity index is 0.00000196. The van der Waals surface area contributed by atoms with Gasteiger partial charge >= 0.3 is 41.5 Å². The van der Waals surface area contributed by atoms with Crippen LogP contribution in [0.15, 0.2) is 30.3 Å². The summed E-state index contributed by atoms with van der Waals surface area (Å²) in [5, 5.41) is 0. The van der Waals surface area contributed by atoms with Gasteiger partial charge in [0.05, 0.1) is 13.2 Å². The number of carbonyl (C=O) groups excluding carboxylic acids is 2. The summed E-state index contributed by atoms with van der Waals surface area (Å²) in [6.45, 7) is 1.14. The number of ether oxygens (including phenoxy) is 4. The minimum atomic E-state index is -1.02. The van der Waals surface area contributed by atoms with Crippen molar-refractivity contribution >= 4 is 11.9 Å². The predicted octanol–water partition coefficient (Wildman–Crippen LogP) is 0.101. The average Bonchev–Trinajstić information content (AvgIpc) is 2.68. The fourth-order valence-electron chi connectivity index (χ4n) is 3.14. The number of benzene rings is 1. The number of hydrogen-bond acceptors (Lipinski definition) is 6. The molecule has 1 aromatic rings.